The van der Waals surface area contributed by atoms with Crippen molar-refractivity contribution in [2.24, 2.45) is 0 Å². The Morgan fingerprint density at radius 2 is 2.18 bits per heavy atom. The van der Waals surface area contributed by atoms with Gasteiger partial charge in [-0.25, -0.2) is 13.1 Å². The third-order valence-corrected chi connectivity index (χ3v) is 3.52. The molecule has 0 aromatic heterocycles. The van der Waals surface area contributed by atoms with Crippen molar-refractivity contribution >= 4 is 15.7 Å². The second-order valence-electron chi connectivity index (χ2n) is 3.27. The van der Waals surface area contributed by atoms with Gasteiger partial charge in [0.1, 0.15) is 12.4 Å². The third kappa shape index (κ3) is 3.58. The van der Waals surface area contributed by atoms with Crippen molar-refractivity contribution in [1.82, 2.24) is 4.72 Å². The van der Waals surface area contributed by atoms with Gasteiger partial charge in [-0.1, -0.05) is 6.92 Å². The Morgan fingerprint density at radius 1 is 1.47 bits per heavy atom. The van der Waals surface area contributed by atoms with E-state index in [2.05, 4.69) is 4.72 Å². The maximum absolute atomic E-state index is 11.7. The molecule has 4 N–H and O–H groups in total. The van der Waals surface area contributed by atoms with E-state index in [-0.39, 0.29) is 23.9 Å². The van der Waals surface area contributed by atoms with E-state index < -0.39 is 10.0 Å². The molecule has 1 rings (SSSR count). The van der Waals surface area contributed by atoms with Crippen LogP contribution in [0.15, 0.2) is 23.1 Å². The van der Waals surface area contributed by atoms with Crippen LogP contribution in [0.4, 0.5) is 5.69 Å². The minimum atomic E-state index is -3.52. The fraction of sp³-hybridized carbons (Fsp3) is 0.400. The molecule has 0 aliphatic carbocycles. The van der Waals surface area contributed by atoms with Crippen LogP contribution in [0.3, 0.4) is 0 Å². The quantitative estimate of drug-likeness (QED) is 0.622. The zero-order chi connectivity index (χ0) is 12.9. The van der Waals surface area contributed by atoms with Crippen LogP contribution < -0.4 is 15.2 Å². The number of hydrogen-bond acceptors (Lipinski definition) is 5. The lowest BCUT2D eigenvalue weighted by atomic mass is 10.3. The van der Waals surface area contributed by atoms with E-state index in [0.29, 0.717) is 12.2 Å². The maximum Gasteiger partial charge on any atom is 0.240 e. The van der Waals surface area contributed by atoms with E-state index in [1.165, 1.54) is 18.2 Å². The Labute approximate surface area is 100 Å². The van der Waals surface area contributed by atoms with Crippen molar-refractivity contribution in [2.75, 3.05) is 25.5 Å². The van der Waals surface area contributed by atoms with Crippen molar-refractivity contribution in [2.45, 2.75) is 11.8 Å². The second-order valence-corrected chi connectivity index (χ2v) is 5.04. The highest BCUT2D eigenvalue weighted by Crippen LogP contribution is 2.24. The van der Waals surface area contributed by atoms with E-state index in [9.17, 15) is 8.42 Å². The van der Waals surface area contributed by atoms with Crippen LogP contribution in [0.2, 0.25) is 0 Å². The van der Waals surface area contributed by atoms with Gasteiger partial charge in [0, 0.05) is 12.6 Å². The molecule has 0 aliphatic heterocycles. The molecule has 0 radical (unpaired) electrons. The number of nitrogens with two attached hydrogens (primary N) is 1. The lowest BCUT2D eigenvalue weighted by Crippen LogP contribution is -2.23. The summed E-state index contributed by atoms with van der Waals surface area (Å²) in [6.07, 6.45) is 0. The molecule has 1 aromatic rings. The fourth-order valence-corrected chi connectivity index (χ4v) is 2.29. The van der Waals surface area contributed by atoms with Gasteiger partial charge in [0.05, 0.1) is 17.2 Å². The Kier molecular flexibility index (Phi) is 4.73. The van der Waals surface area contributed by atoms with Crippen LogP contribution in [0.1, 0.15) is 6.92 Å². The van der Waals surface area contributed by atoms with Crippen molar-refractivity contribution in [1.29, 1.82) is 0 Å². The molecule has 0 spiro atoms. The van der Waals surface area contributed by atoms with Gasteiger partial charge in [-0.15, -0.1) is 0 Å². The van der Waals surface area contributed by atoms with E-state index in [1.54, 1.807) is 6.92 Å². The number of hydrogen-bond donors (Lipinski definition) is 3. The fourth-order valence-electron chi connectivity index (χ4n) is 1.24. The summed E-state index contributed by atoms with van der Waals surface area (Å²) in [5.41, 5.74) is 5.95. The van der Waals surface area contributed by atoms with Crippen LogP contribution in [0.5, 0.6) is 5.75 Å². The topological polar surface area (TPSA) is 102 Å². The average molecular weight is 260 g/mol. The molecule has 0 aliphatic rings. The maximum atomic E-state index is 11.7. The van der Waals surface area contributed by atoms with E-state index in [4.69, 9.17) is 15.6 Å². The number of sulfonamides is 1. The molecule has 0 fully saturated rings. The zero-order valence-corrected chi connectivity index (χ0v) is 10.3. The number of ether oxygens (including phenoxy) is 1. The molecule has 96 valence electrons. The number of aliphatic hydroxyl groups excluding tert-OH is 1. The highest BCUT2D eigenvalue weighted by Gasteiger charge is 2.14. The van der Waals surface area contributed by atoms with Crippen LogP contribution in [-0.2, 0) is 10.0 Å². The SMILES string of the molecule is CCNS(=O)(=O)c1ccc(N)c(OCCO)c1. The van der Waals surface area contributed by atoms with E-state index >= 15 is 0 Å². The molecule has 7 heteroatoms. The molecule has 0 heterocycles. The minimum Gasteiger partial charge on any atom is -0.489 e. The number of anilines is 1. The van der Waals surface area contributed by atoms with Gasteiger partial charge in [-0.05, 0) is 12.1 Å². The first kappa shape index (κ1) is 13.8. The van der Waals surface area contributed by atoms with Crippen molar-refractivity contribution in [3.63, 3.8) is 0 Å². The van der Waals surface area contributed by atoms with Gasteiger partial charge < -0.3 is 15.6 Å². The second kappa shape index (κ2) is 5.85. The number of nitrogens with one attached hydrogen (secondary N) is 1. The third-order valence-electron chi connectivity index (χ3n) is 1.98. The molecule has 0 saturated carbocycles. The normalized spacial score (nSPS) is 11.4. The van der Waals surface area contributed by atoms with Gasteiger partial charge >= 0.3 is 0 Å². The smallest absolute Gasteiger partial charge is 0.240 e. The molecule has 1 aromatic carbocycles. The number of benzene rings is 1. The Bertz CT molecular complexity index is 473. The first-order valence-corrected chi connectivity index (χ1v) is 6.62. The summed E-state index contributed by atoms with van der Waals surface area (Å²) >= 11 is 0. The first-order valence-electron chi connectivity index (χ1n) is 5.14. The summed E-state index contributed by atoms with van der Waals surface area (Å²) in [5.74, 6) is 0.248. The molecular weight excluding hydrogens is 244 g/mol. The number of aliphatic hydroxyl groups is 1. The largest absolute Gasteiger partial charge is 0.489 e. The van der Waals surface area contributed by atoms with Gasteiger partial charge in [0.15, 0.2) is 0 Å². The molecule has 0 amide bonds. The van der Waals surface area contributed by atoms with Crippen LogP contribution in [0, 0.1) is 0 Å². The van der Waals surface area contributed by atoms with Gasteiger partial charge in [0.2, 0.25) is 10.0 Å². The van der Waals surface area contributed by atoms with Crippen LogP contribution >= 0.6 is 0 Å². The first-order chi connectivity index (χ1) is 8.01. The van der Waals surface area contributed by atoms with Crippen molar-refractivity contribution < 1.29 is 18.3 Å². The van der Waals surface area contributed by atoms with E-state index in [1.807, 2.05) is 0 Å². The predicted molar refractivity (Wildman–Crippen MR) is 64.3 cm³/mol. The summed E-state index contributed by atoms with van der Waals surface area (Å²) in [6, 6.07) is 4.19. The van der Waals surface area contributed by atoms with Crippen molar-refractivity contribution in [3.05, 3.63) is 18.2 Å². The molecule has 0 saturated heterocycles. The molecule has 0 atom stereocenters. The van der Waals surface area contributed by atoms with Crippen LogP contribution in [0.25, 0.3) is 0 Å². The summed E-state index contributed by atoms with van der Waals surface area (Å²) in [7, 11) is -3.52. The standard InChI is InChI=1S/C10H16N2O4S/c1-2-12-17(14,15)8-3-4-9(11)10(7-8)16-6-5-13/h3-4,7,12-13H,2,5-6,11H2,1H3. The molecule has 0 bridgehead atoms. The van der Waals surface area contributed by atoms with Crippen molar-refractivity contribution in [3.8, 4) is 5.75 Å². The monoisotopic (exact) mass is 260 g/mol. The van der Waals surface area contributed by atoms with Crippen LogP contribution in [-0.4, -0.2) is 33.3 Å². The highest BCUT2D eigenvalue weighted by atomic mass is 32.2. The Morgan fingerprint density at radius 3 is 2.76 bits per heavy atom. The summed E-state index contributed by atoms with van der Waals surface area (Å²) < 4.78 is 30.9. The number of nitrogen functional groups attached to an aromatic ring is 1. The molecule has 6 nitrogen and oxygen atoms in total. The van der Waals surface area contributed by atoms with Gasteiger partial charge in [-0.2, -0.15) is 0 Å². The molecule has 17 heavy (non-hydrogen) atoms. The Hall–Kier alpha value is -1.31. The van der Waals surface area contributed by atoms with Gasteiger partial charge in [-0.3, -0.25) is 0 Å². The summed E-state index contributed by atoms with van der Waals surface area (Å²) in [5, 5.41) is 8.64. The minimum absolute atomic E-state index is 0.0644. The lowest BCUT2D eigenvalue weighted by Gasteiger charge is -2.10. The van der Waals surface area contributed by atoms with Gasteiger partial charge in [0.25, 0.3) is 0 Å². The Balaban J connectivity index is 3.03. The number of rotatable bonds is 6. The molecule has 0 unspecified atom stereocenters. The summed E-state index contributed by atoms with van der Waals surface area (Å²) in [6.45, 7) is 1.90. The van der Waals surface area contributed by atoms with E-state index in [0.717, 1.165) is 0 Å². The zero-order valence-electron chi connectivity index (χ0n) is 9.51. The predicted octanol–water partition coefficient (Wildman–Crippen LogP) is -0.0619. The average Bonchev–Trinajstić information content (AvgIpc) is 2.27. The lowest BCUT2D eigenvalue weighted by molar-refractivity contribution is 0.202. The summed E-state index contributed by atoms with van der Waals surface area (Å²) in [4.78, 5) is 0.0847. The highest BCUT2D eigenvalue weighted by molar-refractivity contribution is 7.89. The molecular formula is C10H16N2O4S.